The van der Waals surface area contributed by atoms with Crippen LogP contribution in [-0.2, 0) is 6.42 Å². The molecule has 0 aliphatic heterocycles. The van der Waals surface area contributed by atoms with Gasteiger partial charge in [-0.05, 0) is 48.0 Å². The van der Waals surface area contributed by atoms with Gasteiger partial charge in [-0.25, -0.2) is 14.5 Å². The molecule has 3 aromatic heterocycles. The maximum atomic E-state index is 13.1. The minimum atomic E-state index is -0.402. The van der Waals surface area contributed by atoms with Gasteiger partial charge in [0.25, 0.3) is 10.4 Å². The number of nitrogens with zero attached hydrogens (tertiary/aromatic N) is 3. The van der Waals surface area contributed by atoms with Gasteiger partial charge >= 0.3 is 0 Å². The van der Waals surface area contributed by atoms with Crippen molar-refractivity contribution in [3.05, 3.63) is 86.1 Å². The number of fused-ring (bicyclic) bond motifs is 2. The van der Waals surface area contributed by atoms with Crippen molar-refractivity contribution in [3.63, 3.8) is 0 Å². The highest BCUT2D eigenvalue weighted by atomic mass is 35.5. The monoisotopic (exact) mass is 467 g/mol. The van der Waals surface area contributed by atoms with Crippen LogP contribution in [0, 0.1) is 4.84 Å². The Bertz CT molecular complexity index is 1570. The number of rotatable bonds is 4. The van der Waals surface area contributed by atoms with E-state index >= 15 is 0 Å². The smallest absolute Gasteiger partial charge is 0.290 e. The maximum Gasteiger partial charge on any atom is 0.290 e. The van der Waals surface area contributed by atoms with E-state index in [0.717, 1.165) is 26.4 Å². The Morgan fingerprint density at radius 2 is 2.06 bits per heavy atom. The van der Waals surface area contributed by atoms with E-state index in [9.17, 15) is 4.79 Å². The zero-order valence-electron chi connectivity index (χ0n) is 16.2. The van der Waals surface area contributed by atoms with Gasteiger partial charge in [-0.3, -0.25) is 4.79 Å². The van der Waals surface area contributed by atoms with E-state index < -0.39 is 5.56 Å². The van der Waals surface area contributed by atoms with Crippen molar-refractivity contribution < 1.29 is 9.15 Å². The maximum absolute atomic E-state index is 13.1. The van der Waals surface area contributed by atoms with E-state index in [1.807, 2.05) is 42.5 Å². The summed E-state index contributed by atoms with van der Waals surface area (Å²) in [5, 5.41) is 1.16. The molecule has 0 amide bonds. The standard InChI is InChI=1S/C22H14ClN3O3S2/c1-28-16-8-9-24-18-19(16)29-22(30)26(20(18)27)21-25-15-7-6-12(11-17(15)31-21)10-13-4-2-3-5-14(13)23/h2-9,11H,10H2,1H3. The number of methoxy groups -OCH3 is 1. The third-order valence-corrected chi connectivity index (χ3v) is 6.49. The molecule has 0 radical (unpaired) electrons. The van der Waals surface area contributed by atoms with Crippen LogP contribution in [0.25, 0.3) is 26.4 Å². The second-order valence-electron chi connectivity index (χ2n) is 6.77. The molecule has 0 unspecified atom stereocenters. The molecule has 5 rings (SSSR count). The molecule has 0 fully saturated rings. The average molecular weight is 468 g/mol. The molecule has 0 saturated heterocycles. The number of halogens is 1. The summed E-state index contributed by atoms with van der Waals surface area (Å²) >= 11 is 13.0. The highest BCUT2D eigenvalue weighted by Gasteiger charge is 2.17. The largest absolute Gasteiger partial charge is 0.493 e. The highest BCUT2D eigenvalue weighted by molar-refractivity contribution is 7.71. The molecule has 0 aliphatic carbocycles. The van der Waals surface area contributed by atoms with Crippen molar-refractivity contribution in [2.75, 3.05) is 7.11 Å². The van der Waals surface area contributed by atoms with Crippen LogP contribution in [0.5, 0.6) is 5.75 Å². The molecule has 0 aliphatic rings. The minimum absolute atomic E-state index is 0.0147. The van der Waals surface area contributed by atoms with E-state index in [1.165, 1.54) is 29.2 Å². The molecular weight excluding hydrogens is 454 g/mol. The fourth-order valence-electron chi connectivity index (χ4n) is 3.35. The summed E-state index contributed by atoms with van der Waals surface area (Å²) in [6.45, 7) is 0. The molecule has 3 heterocycles. The summed E-state index contributed by atoms with van der Waals surface area (Å²) in [5.74, 6) is 0.397. The normalized spacial score (nSPS) is 11.3. The van der Waals surface area contributed by atoms with E-state index in [4.69, 9.17) is 33.0 Å². The van der Waals surface area contributed by atoms with Crippen molar-refractivity contribution in [2.45, 2.75) is 6.42 Å². The fraction of sp³-hybridized carbons (Fsp3) is 0.0909. The quantitative estimate of drug-likeness (QED) is 0.322. The van der Waals surface area contributed by atoms with Crippen molar-refractivity contribution in [3.8, 4) is 10.9 Å². The number of hydrogen-bond acceptors (Lipinski definition) is 7. The second kappa shape index (κ2) is 7.88. The Morgan fingerprint density at radius 3 is 2.87 bits per heavy atom. The summed E-state index contributed by atoms with van der Waals surface area (Å²) in [6, 6.07) is 15.4. The summed E-state index contributed by atoms with van der Waals surface area (Å²) in [6.07, 6.45) is 2.19. The van der Waals surface area contributed by atoms with E-state index in [0.29, 0.717) is 17.3 Å². The molecular formula is C22H14ClN3O3S2. The van der Waals surface area contributed by atoms with Gasteiger partial charge in [0.1, 0.15) is 0 Å². The molecule has 9 heteroatoms. The molecule has 0 spiro atoms. The molecule has 0 N–H and O–H groups in total. The lowest BCUT2D eigenvalue weighted by Crippen LogP contribution is -2.20. The first-order valence-corrected chi connectivity index (χ1v) is 10.9. The second-order valence-corrected chi connectivity index (χ2v) is 8.53. The molecule has 2 aromatic carbocycles. The third kappa shape index (κ3) is 3.52. The first-order chi connectivity index (χ1) is 15.0. The van der Waals surface area contributed by atoms with Crippen LogP contribution < -0.4 is 10.3 Å². The van der Waals surface area contributed by atoms with Crippen LogP contribution in [0.4, 0.5) is 0 Å². The van der Waals surface area contributed by atoms with Crippen molar-refractivity contribution in [1.82, 2.24) is 14.5 Å². The lowest BCUT2D eigenvalue weighted by Gasteiger charge is -2.05. The van der Waals surface area contributed by atoms with Gasteiger partial charge in [-0.2, -0.15) is 0 Å². The first kappa shape index (κ1) is 19.9. The first-order valence-electron chi connectivity index (χ1n) is 9.27. The summed E-state index contributed by atoms with van der Waals surface area (Å²) in [4.78, 5) is 21.8. The van der Waals surface area contributed by atoms with Gasteiger partial charge in [0.2, 0.25) is 10.7 Å². The van der Waals surface area contributed by atoms with Gasteiger partial charge in [0.15, 0.2) is 11.3 Å². The zero-order chi connectivity index (χ0) is 21.5. The van der Waals surface area contributed by atoms with E-state index in [-0.39, 0.29) is 15.9 Å². The van der Waals surface area contributed by atoms with Gasteiger partial charge in [-0.15, -0.1) is 0 Å². The Morgan fingerprint density at radius 1 is 1.23 bits per heavy atom. The minimum Gasteiger partial charge on any atom is -0.493 e. The predicted octanol–water partition coefficient (Wildman–Crippen LogP) is 5.57. The number of pyridine rings is 1. The number of hydrogen-bond donors (Lipinski definition) is 0. The lowest BCUT2D eigenvalue weighted by molar-refractivity contribution is 0.404. The highest BCUT2D eigenvalue weighted by Crippen LogP contribution is 2.29. The zero-order valence-corrected chi connectivity index (χ0v) is 18.6. The summed E-state index contributed by atoms with van der Waals surface area (Å²) in [5.41, 5.74) is 2.86. The van der Waals surface area contributed by atoms with Crippen LogP contribution in [0.15, 0.2) is 63.9 Å². The molecule has 5 aromatic rings. The van der Waals surface area contributed by atoms with Crippen LogP contribution >= 0.6 is 35.2 Å². The third-order valence-electron chi connectivity index (χ3n) is 4.85. The summed E-state index contributed by atoms with van der Waals surface area (Å²) < 4.78 is 13.2. The lowest BCUT2D eigenvalue weighted by atomic mass is 10.1. The van der Waals surface area contributed by atoms with E-state index in [1.54, 1.807) is 6.07 Å². The topological polar surface area (TPSA) is 70.2 Å². The van der Waals surface area contributed by atoms with Crippen molar-refractivity contribution in [2.24, 2.45) is 0 Å². The fourth-order valence-corrected chi connectivity index (χ4v) is 4.89. The van der Waals surface area contributed by atoms with Crippen LogP contribution in [0.3, 0.4) is 0 Å². The SMILES string of the molecule is COc1ccnc2c(=O)n(-c3nc4ccc(Cc5ccccc5Cl)cc4s3)c(=S)oc12. The van der Waals surface area contributed by atoms with Gasteiger partial charge in [0.05, 0.1) is 17.3 Å². The van der Waals surface area contributed by atoms with Crippen molar-refractivity contribution >= 4 is 56.5 Å². The molecule has 0 atom stereocenters. The Hall–Kier alpha value is -3.07. The number of ether oxygens (including phenoxy) is 1. The molecule has 0 saturated carbocycles. The van der Waals surface area contributed by atoms with Crippen LogP contribution in [0.2, 0.25) is 5.02 Å². The van der Waals surface area contributed by atoms with Crippen molar-refractivity contribution in [1.29, 1.82) is 0 Å². The molecule has 31 heavy (non-hydrogen) atoms. The molecule has 6 nitrogen and oxygen atoms in total. The number of thiazole rings is 1. The number of benzene rings is 2. The Balaban J connectivity index is 1.61. The van der Waals surface area contributed by atoms with Gasteiger partial charge in [0, 0.05) is 17.3 Å². The Labute approximate surface area is 190 Å². The predicted molar refractivity (Wildman–Crippen MR) is 124 cm³/mol. The van der Waals surface area contributed by atoms with Gasteiger partial charge in [-0.1, -0.05) is 47.2 Å². The number of aromatic nitrogens is 3. The molecule has 154 valence electrons. The van der Waals surface area contributed by atoms with E-state index in [2.05, 4.69) is 9.97 Å². The van der Waals surface area contributed by atoms with Crippen LogP contribution in [-0.4, -0.2) is 21.6 Å². The molecule has 0 bridgehead atoms. The summed E-state index contributed by atoms with van der Waals surface area (Å²) in [7, 11) is 1.49. The van der Waals surface area contributed by atoms with Crippen LogP contribution in [0.1, 0.15) is 11.1 Å². The Kier molecular flexibility index (Phi) is 5.05. The van der Waals surface area contributed by atoms with Gasteiger partial charge < -0.3 is 9.15 Å². The average Bonchev–Trinajstić information content (AvgIpc) is 3.18.